The second-order valence-corrected chi connectivity index (χ2v) is 6.82. The Hall–Kier alpha value is -0.410. The lowest BCUT2D eigenvalue weighted by Gasteiger charge is -2.22. The van der Waals surface area contributed by atoms with Crippen molar-refractivity contribution in [1.82, 2.24) is 15.6 Å². The molecule has 1 aromatic heterocycles. The van der Waals surface area contributed by atoms with Gasteiger partial charge in [0.15, 0.2) is 5.96 Å². The molecular formula is C14H23IN4OS. The maximum Gasteiger partial charge on any atom is 0.191 e. The van der Waals surface area contributed by atoms with E-state index in [9.17, 15) is 0 Å². The first-order chi connectivity index (χ1) is 9.65. The zero-order valence-electron chi connectivity index (χ0n) is 12.7. The molecule has 0 amide bonds. The number of hydrogen-bond acceptors (Lipinski definition) is 4. The van der Waals surface area contributed by atoms with Crippen molar-refractivity contribution in [2.24, 2.45) is 4.99 Å². The van der Waals surface area contributed by atoms with Crippen LogP contribution in [0, 0.1) is 13.8 Å². The van der Waals surface area contributed by atoms with Gasteiger partial charge in [-0.15, -0.1) is 35.3 Å². The van der Waals surface area contributed by atoms with Crippen LogP contribution >= 0.6 is 35.3 Å². The first kappa shape index (κ1) is 17.0. The Kier molecular flexibility index (Phi) is 5.84. The summed E-state index contributed by atoms with van der Waals surface area (Å²) in [7, 11) is 1.81. The van der Waals surface area contributed by atoms with Crippen molar-refractivity contribution in [1.29, 1.82) is 0 Å². The number of thiazole rings is 1. The zero-order chi connectivity index (χ0) is 14.1. The number of fused-ring (bicyclic) bond motifs is 2. The molecule has 0 saturated carbocycles. The fraction of sp³-hybridized carbons (Fsp3) is 0.714. The van der Waals surface area contributed by atoms with Crippen LogP contribution in [-0.2, 0) is 11.3 Å². The third kappa shape index (κ3) is 3.87. The maximum atomic E-state index is 5.86. The summed E-state index contributed by atoms with van der Waals surface area (Å²) in [6, 6.07) is 0.403. The minimum absolute atomic E-state index is 0. The molecule has 2 aliphatic heterocycles. The van der Waals surface area contributed by atoms with Crippen molar-refractivity contribution in [2.75, 3.05) is 7.05 Å². The molecule has 0 aliphatic carbocycles. The van der Waals surface area contributed by atoms with Gasteiger partial charge in [0.1, 0.15) is 5.01 Å². The Morgan fingerprint density at radius 2 is 2.24 bits per heavy atom. The topological polar surface area (TPSA) is 58.5 Å². The van der Waals surface area contributed by atoms with E-state index in [4.69, 9.17) is 4.74 Å². The van der Waals surface area contributed by atoms with Crippen molar-refractivity contribution >= 4 is 41.3 Å². The van der Waals surface area contributed by atoms with E-state index in [0.29, 0.717) is 18.2 Å². The fourth-order valence-electron chi connectivity index (χ4n) is 2.93. The van der Waals surface area contributed by atoms with Crippen molar-refractivity contribution in [2.45, 2.75) is 57.9 Å². The van der Waals surface area contributed by atoms with Crippen LogP contribution in [0.5, 0.6) is 0 Å². The molecule has 3 atom stereocenters. The molecule has 7 heteroatoms. The number of aliphatic imine (C=N–C) groups is 1. The van der Waals surface area contributed by atoms with Gasteiger partial charge in [0, 0.05) is 11.9 Å². The first-order valence-corrected chi connectivity index (χ1v) is 8.03. The molecule has 2 fully saturated rings. The van der Waals surface area contributed by atoms with E-state index in [1.807, 2.05) is 7.05 Å². The van der Waals surface area contributed by atoms with Crippen LogP contribution in [0.4, 0.5) is 0 Å². The number of rotatable bonds is 3. The van der Waals surface area contributed by atoms with Gasteiger partial charge in [-0.3, -0.25) is 4.99 Å². The first-order valence-electron chi connectivity index (χ1n) is 7.21. The zero-order valence-corrected chi connectivity index (χ0v) is 15.8. The quantitative estimate of drug-likeness (QED) is 0.446. The van der Waals surface area contributed by atoms with Crippen LogP contribution in [0.15, 0.2) is 4.99 Å². The van der Waals surface area contributed by atoms with Crippen LogP contribution in [0.1, 0.15) is 34.8 Å². The second-order valence-electron chi connectivity index (χ2n) is 5.54. The molecule has 2 aliphatic rings. The highest BCUT2D eigenvalue weighted by atomic mass is 127. The maximum absolute atomic E-state index is 5.86. The van der Waals surface area contributed by atoms with Gasteiger partial charge in [0.25, 0.3) is 0 Å². The van der Waals surface area contributed by atoms with Crippen molar-refractivity contribution in [3.8, 4) is 0 Å². The Morgan fingerprint density at radius 1 is 1.43 bits per heavy atom. The number of nitrogens with zero attached hydrogens (tertiary/aromatic N) is 2. The van der Waals surface area contributed by atoms with E-state index in [1.54, 1.807) is 11.3 Å². The highest BCUT2D eigenvalue weighted by Crippen LogP contribution is 2.34. The Balaban J connectivity index is 0.00000161. The highest BCUT2D eigenvalue weighted by molar-refractivity contribution is 14.0. The third-order valence-corrected chi connectivity index (χ3v) is 5.20. The molecule has 118 valence electrons. The molecule has 3 unspecified atom stereocenters. The number of hydrogen-bond donors (Lipinski definition) is 2. The number of halogens is 1. The summed E-state index contributed by atoms with van der Waals surface area (Å²) in [5.41, 5.74) is 1.12. The van der Waals surface area contributed by atoms with Gasteiger partial charge < -0.3 is 15.4 Å². The monoisotopic (exact) mass is 422 g/mol. The van der Waals surface area contributed by atoms with Gasteiger partial charge >= 0.3 is 0 Å². The minimum Gasteiger partial charge on any atom is -0.373 e. The van der Waals surface area contributed by atoms with Gasteiger partial charge in [-0.25, -0.2) is 4.98 Å². The normalized spacial score (nSPS) is 27.6. The fourth-order valence-corrected chi connectivity index (χ4v) is 3.81. The molecule has 0 spiro atoms. The molecule has 21 heavy (non-hydrogen) atoms. The van der Waals surface area contributed by atoms with Crippen molar-refractivity contribution < 1.29 is 4.74 Å². The van der Waals surface area contributed by atoms with Gasteiger partial charge in [-0.2, -0.15) is 0 Å². The van der Waals surface area contributed by atoms with E-state index in [1.165, 1.54) is 17.7 Å². The SMILES string of the molecule is CN=C(NCc1nc(C)c(C)s1)NC1CC2CCC1O2.I. The minimum atomic E-state index is 0. The number of ether oxygens (including phenoxy) is 1. The lowest BCUT2D eigenvalue weighted by Crippen LogP contribution is -2.47. The van der Waals surface area contributed by atoms with Gasteiger partial charge in [0.2, 0.25) is 0 Å². The largest absolute Gasteiger partial charge is 0.373 e. The second kappa shape index (κ2) is 7.23. The predicted molar refractivity (Wildman–Crippen MR) is 96.6 cm³/mol. The lowest BCUT2D eigenvalue weighted by atomic mass is 9.96. The molecule has 0 aromatic carbocycles. The van der Waals surface area contributed by atoms with Crippen molar-refractivity contribution in [3.63, 3.8) is 0 Å². The summed E-state index contributed by atoms with van der Waals surface area (Å²) in [4.78, 5) is 10.1. The van der Waals surface area contributed by atoms with Gasteiger partial charge in [0.05, 0.1) is 30.5 Å². The summed E-state index contributed by atoms with van der Waals surface area (Å²) in [5.74, 6) is 0.844. The van der Waals surface area contributed by atoms with E-state index in [0.717, 1.165) is 29.6 Å². The molecule has 0 radical (unpaired) electrons. The lowest BCUT2D eigenvalue weighted by molar-refractivity contribution is 0.0992. The third-order valence-electron chi connectivity index (χ3n) is 4.13. The average molecular weight is 422 g/mol. The molecule has 2 N–H and O–H groups in total. The van der Waals surface area contributed by atoms with Crippen LogP contribution in [0.3, 0.4) is 0 Å². The smallest absolute Gasteiger partial charge is 0.191 e. The van der Waals surface area contributed by atoms with Crippen LogP contribution < -0.4 is 10.6 Å². The van der Waals surface area contributed by atoms with Crippen molar-refractivity contribution in [3.05, 3.63) is 15.6 Å². The van der Waals surface area contributed by atoms with Gasteiger partial charge in [-0.1, -0.05) is 0 Å². The molecule has 2 saturated heterocycles. The average Bonchev–Trinajstić information content (AvgIpc) is 3.11. The molecule has 2 bridgehead atoms. The van der Waals surface area contributed by atoms with Crippen LogP contribution in [0.25, 0.3) is 0 Å². The summed E-state index contributed by atoms with van der Waals surface area (Å²) in [6.07, 6.45) is 4.31. The Labute approximate surface area is 147 Å². The summed E-state index contributed by atoms with van der Waals surface area (Å²) in [5, 5.41) is 7.93. The van der Waals surface area contributed by atoms with Crippen LogP contribution in [-0.4, -0.2) is 36.2 Å². The van der Waals surface area contributed by atoms with E-state index in [-0.39, 0.29) is 24.0 Å². The number of nitrogens with one attached hydrogen (secondary N) is 2. The number of guanidine groups is 1. The highest BCUT2D eigenvalue weighted by Gasteiger charge is 2.41. The van der Waals surface area contributed by atoms with E-state index < -0.39 is 0 Å². The Bertz CT molecular complexity index is 500. The summed E-state index contributed by atoms with van der Waals surface area (Å²) in [6.45, 7) is 4.88. The standard InChI is InChI=1S/C14H22N4OS.HI/c1-8-9(2)20-13(17-8)7-16-14(15-3)18-11-6-10-4-5-12(11)19-10;/h10-12H,4-7H2,1-3H3,(H2,15,16,18);1H. The molecule has 3 heterocycles. The van der Waals surface area contributed by atoms with E-state index in [2.05, 4.69) is 34.5 Å². The summed E-state index contributed by atoms with van der Waals surface area (Å²) < 4.78 is 5.86. The summed E-state index contributed by atoms with van der Waals surface area (Å²) >= 11 is 1.74. The molecule has 3 rings (SSSR count). The number of aromatic nitrogens is 1. The molecule has 5 nitrogen and oxygen atoms in total. The van der Waals surface area contributed by atoms with E-state index >= 15 is 0 Å². The Morgan fingerprint density at radius 3 is 2.76 bits per heavy atom. The number of aryl methyl sites for hydroxylation is 2. The van der Waals surface area contributed by atoms with Gasteiger partial charge in [-0.05, 0) is 33.1 Å². The molecule has 1 aromatic rings. The predicted octanol–water partition coefficient (Wildman–Crippen LogP) is 2.36. The molecular weight excluding hydrogens is 399 g/mol. The van der Waals surface area contributed by atoms with Crippen LogP contribution in [0.2, 0.25) is 0 Å².